The summed E-state index contributed by atoms with van der Waals surface area (Å²) in [4.78, 5) is 9.64. The van der Waals surface area contributed by atoms with Crippen LogP contribution in [0, 0.1) is 0 Å². The summed E-state index contributed by atoms with van der Waals surface area (Å²) in [6, 6.07) is 3.16. The lowest BCUT2D eigenvalue weighted by Gasteiger charge is -2.55. The maximum Gasteiger partial charge on any atom is 0.471 e. The van der Waals surface area contributed by atoms with Gasteiger partial charge in [0.25, 0.3) is 0 Å². The van der Waals surface area contributed by atoms with Gasteiger partial charge in [0, 0.05) is 36.9 Å². The zero-order valence-electron chi connectivity index (χ0n) is 14.5. The Labute approximate surface area is 158 Å². The summed E-state index contributed by atoms with van der Waals surface area (Å²) in [5.41, 5.74) is 0.308. The molecule has 0 aromatic carbocycles. The van der Waals surface area contributed by atoms with Crippen molar-refractivity contribution < 1.29 is 26.1 Å². The van der Waals surface area contributed by atoms with Crippen molar-refractivity contribution >= 4 is 15.8 Å². The Hall–Kier alpha value is -2.21. The molecule has 3 aliphatic heterocycles. The normalized spacial score (nSPS) is 25.6. The predicted octanol–water partition coefficient (Wildman–Crippen LogP) is 1.91. The van der Waals surface area contributed by atoms with Gasteiger partial charge in [-0.3, -0.25) is 0 Å². The zero-order valence-corrected chi connectivity index (χ0v) is 15.3. The lowest BCUT2D eigenvalue weighted by Crippen LogP contribution is -2.70. The molecular formula is C16H16F3N5O3S. The third kappa shape index (κ3) is 2.85. The van der Waals surface area contributed by atoms with Crippen LogP contribution in [0.2, 0.25) is 0 Å². The van der Waals surface area contributed by atoms with Gasteiger partial charge in [0.05, 0.1) is 5.25 Å². The number of nitrogens with zero attached hydrogens (tertiary/aromatic N) is 5. The van der Waals surface area contributed by atoms with Gasteiger partial charge in [0.15, 0.2) is 0 Å². The van der Waals surface area contributed by atoms with Crippen LogP contribution in [-0.2, 0) is 16.2 Å². The molecule has 0 spiro atoms. The molecule has 2 atom stereocenters. The van der Waals surface area contributed by atoms with Crippen LogP contribution < -0.4 is 4.90 Å². The van der Waals surface area contributed by atoms with Crippen LogP contribution >= 0.6 is 0 Å². The molecule has 3 saturated heterocycles. The van der Waals surface area contributed by atoms with Crippen molar-refractivity contribution in [3.05, 3.63) is 24.2 Å². The van der Waals surface area contributed by atoms with E-state index in [0.717, 1.165) is 19.3 Å². The van der Waals surface area contributed by atoms with Crippen molar-refractivity contribution in [2.24, 2.45) is 0 Å². The van der Waals surface area contributed by atoms with Gasteiger partial charge < -0.3 is 9.42 Å². The Morgan fingerprint density at radius 1 is 1.14 bits per heavy atom. The summed E-state index contributed by atoms with van der Waals surface area (Å²) in [7, 11) is -3.18. The SMILES string of the molecule is O=S(=O)(C1CC1)N1C2CC1CN(c1ccc(-c3noc(C(F)(F)F)n3)cn1)C2. The van der Waals surface area contributed by atoms with Gasteiger partial charge in [-0.05, 0) is 31.4 Å². The molecule has 12 heteroatoms. The van der Waals surface area contributed by atoms with E-state index in [0.29, 0.717) is 24.5 Å². The Morgan fingerprint density at radius 3 is 2.39 bits per heavy atom. The van der Waals surface area contributed by atoms with Crippen molar-refractivity contribution in [2.75, 3.05) is 18.0 Å². The van der Waals surface area contributed by atoms with Crippen LogP contribution in [-0.4, -0.2) is 58.3 Å². The summed E-state index contributed by atoms with van der Waals surface area (Å²) in [5, 5.41) is 3.13. The van der Waals surface area contributed by atoms with Crippen LogP contribution in [0.3, 0.4) is 0 Å². The monoisotopic (exact) mass is 415 g/mol. The quantitative estimate of drug-likeness (QED) is 0.753. The lowest BCUT2D eigenvalue weighted by atomic mass is 9.91. The summed E-state index contributed by atoms with van der Waals surface area (Å²) >= 11 is 0. The average molecular weight is 415 g/mol. The standard InChI is InChI=1S/C16H16F3N5O3S/c17-16(18,19)15-21-14(22-27-15)9-1-4-13(20-6-9)23-7-10-5-11(8-23)24(10)28(25,26)12-2-3-12/h1,4,6,10-12H,2-3,5,7-8H2. The number of rotatable bonds is 4. The molecule has 0 N–H and O–H groups in total. The molecule has 4 aliphatic rings. The Kier molecular flexibility index (Phi) is 3.76. The van der Waals surface area contributed by atoms with Gasteiger partial charge in [-0.15, -0.1) is 0 Å². The zero-order chi connectivity index (χ0) is 19.7. The molecule has 2 aromatic rings. The highest BCUT2D eigenvalue weighted by Crippen LogP contribution is 2.42. The molecule has 2 aromatic heterocycles. The van der Waals surface area contributed by atoms with Gasteiger partial charge in [-0.1, -0.05) is 5.16 Å². The molecule has 2 unspecified atom stereocenters. The minimum atomic E-state index is -4.69. The summed E-state index contributed by atoms with van der Waals surface area (Å²) in [6.07, 6.45) is -0.961. The van der Waals surface area contributed by atoms with E-state index in [1.54, 1.807) is 16.4 Å². The van der Waals surface area contributed by atoms with E-state index in [4.69, 9.17) is 0 Å². The van der Waals surface area contributed by atoms with Crippen LogP contribution in [0.4, 0.5) is 19.0 Å². The number of alkyl halides is 3. The highest BCUT2D eigenvalue weighted by molar-refractivity contribution is 7.90. The number of hydrogen-bond acceptors (Lipinski definition) is 7. The van der Waals surface area contributed by atoms with Crippen molar-refractivity contribution in [1.29, 1.82) is 0 Å². The highest BCUT2D eigenvalue weighted by Gasteiger charge is 2.54. The van der Waals surface area contributed by atoms with Crippen molar-refractivity contribution in [1.82, 2.24) is 19.4 Å². The first-order valence-corrected chi connectivity index (χ1v) is 10.4. The number of hydrogen-bond donors (Lipinski definition) is 0. The van der Waals surface area contributed by atoms with Gasteiger partial charge in [0.1, 0.15) is 5.82 Å². The number of halogens is 3. The molecule has 150 valence electrons. The number of pyridine rings is 1. The van der Waals surface area contributed by atoms with Crippen molar-refractivity contribution in [3.8, 4) is 11.4 Å². The molecule has 8 nitrogen and oxygen atoms in total. The van der Waals surface area contributed by atoms with E-state index < -0.39 is 22.1 Å². The molecular weight excluding hydrogens is 399 g/mol. The second-order valence-electron chi connectivity index (χ2n) is 7.35. The van der Waals surface area contributed by atoms with Crippen LogP contribution in [0.1, 0.15) is 25.2 Å². The van der Waals surface area contributed by atoms with Crippen molar-refractivity contribution in [2.45, 2.75) is 42.8 Å². The van der Waals surface area contributed by atoms with E-state index in [9.17, 15) is 21.6 Å². The minimum Gasteiger partial charge on any atom is -0.353 e. The second kappa shape index (κ2) is 5.89. The van der Waals surface area contributed by atoms with Gasteiger partial charge in [-0.25, -0.2) is 13.4 Å². The van der Waals surface area contributed by atoms with Crippen LogP contribution in [0.5, 0.6) is 0 Å². The molecule has 0 radical (unpaired) electrons. The first-order valence-electron chi connectivity index (χ1n) is 8.88. The largest absolute Gasteiger partial charge is 0.471 e. The van der Waals surface area contributed by atoms with Gasteiger partial charge in [0.2, 0.25) is 15.8 Å². The number of aromatic nitrogens is 3. The Bertz CT molecular complexity index is 991. The first kappa shape index (κ1) is 17.9. The predicted molar refractivity (Wildman–Crippen MR) is 90.7 cm³/mol. The fourth-order valence-corrected chi connectivity index (χ4v) is 6.09. The number of fused-ring (bicyclic) bond motifs is 2. The third-order valence-corrected chi connectivity index (χ3v) is 7.86. The third-order valence-electron chi connectivity index (χ3n) is 5.36. The number of piperidine rings is 1. The van der Waals surface area contributed by atoms with E-state index in [2.05, 4.69) is 19.6 Å². The Morgan fingerprint density at radius 2 is 1.86 bits per heavy atom. The van der Waals surface area contributed by atoms with Gasteiger partial charge >= 0.3 is 12.1 Å². The van der Waals surface area contributed by atoms with E-state index in [1.165, 1.54) is 6.20 Å². The molecule has 2 bridgehead atoms. The molecule has 1 aliphatic carbocycles. The number of anilines is 1. The lowest BCUT2D eigenvalue weighted by molar-refractivity contribution is -0.159. The van der Waals surface area contributed by atoms with E-state index >= 15 is 0 Å². The van der Waals surface area contributed by atoms with E-state index in [-0.39, 0.29) is 23.2 Å². The van der Waals surface area contributed by atoms with Crippen LogP contribution in [0.15, 0.2) is 22.9 Å². The van der Waals surface area contributed by atoms with Gasteiger partial charge in [-0.2, -0.15) is 22.5 Å². The molecule has 28 heavy (non-hydrogen) atoms. The maximum atomic E-state index is 12.6. The molecule has 5 heterocycles. The average Bonchev–Trinajstić information content (AvgIpc) is 3.38. The highest BCUT2D eigenvalue weighted by atomic mass is 32.2. The summed E-state index contributed by atoms with van der Waals surface area (Å²) in [5.74, 6) is -0.948. The molecule has 1 saturated carbocycles. The Balaban J connectivity index is 1.29. The topological polar surface area (TPSA) is 92.4 Å². The smallest absolute Gasteiger partial charge is 0.353 e. The maximum absolute atomic E-state index is 12.6. The fraction of sp³-hybridized carbons (Fsp3) is 0.562. The minimum absolute atomic E-state index is 0.0441. The summed E-state index contributed by atoms with van der Waals surface area (Å²) in [6.45, 7) is 1.10. The second-order valence-corrected chi connectivity index (χ2v) is 9.47. The van der Waals surface area contributed by atoms with Crippen LogP contribution in [0.25, 0.3) is 11.4 Å². The molecule has 6 rings (SSSR count). The molecule has 0 amide bonds. The fourth-order valence-electron chi connectivity index (χ4n) is 3.88. The first-order chi connectivity index (χ1) is 13.2. The van der Waals surface area contributed by atoms with E-state index in [1.807, 2.05) is 4.90 Å². The summed E-state index contributed by atoms with van der Waals surface area (Å²) < 4.78 is 68.6. The number of piperazine rings is 1. The molecule has 4 fully saturated rings. The number of sulfonamides is 1. The van der Waals surface area contributed by atoms with Crippen molar-refractivity contribution in [3.63, 3.8) is 0 Å².